The number of carbonyl (C=O) groups is 4. The van der Waals surface area contributed by atoms with E-state index in [1.807, 2.05) is 0 Å². The second-order valence-corrected chi connectivity index (χ2v) is 26.7. The van der Waals surface area contributed by atoms with Crippen LogP contribution < -0.4 is 0 Å². The third-order valence-corrected chi connectivity index (χ3v) is 16.1. The lowest BCUT2D eigenvalue weighted by Gasteiger charge is -2.21. The molecule has 0 aromatic carbocycles. The topological polar surface area (TPSA) is 237 Å². The van der Waals surface area contributed by atoms with Gasteiger partial charge in [-0.05, 0) is 49.4 Å². The van der Waals surface area contributed by atoms with E-state index in [4.69, 9.17) is 37.0 Å². The Kier molecular flexibility index (Phi) is 50.2. The van der Waals surface area contributed by atoms with Crippen molar-refractivity contribution in [1.29, 1.82) is 0 Å². The smallest absolute Gasteiger partial charge is 0.462 e. The normalized spacial score (nSPS) is 14.9. The second kappa shape index (κ2) is 51.5. The number of aliphatic hydroxyl groups is 1. The van der Waals surface area contributed by atoms with Crippen LogP contribution in [-0.4, -0.2) is 96.7 Å². The maximum Gasteiger partial charge on any atom is 0.472 e. The van der Waals surface area contributed by atoms with Gasteiger partial charge >= 0.3 is 39.5 Å². The maximum atomic E-state index is 12.9. The predicted molar refractivity (Wildman–Crippen MR) is 317 cm³/mol. The Balaban J connectivity index is 5.25. The molecule has 80 heavy (non-hydrogen) atoms. The SMILES string of the molecule is CCC(C)CCCCCCCCCCC(=O)O[C@H](COC(=O)CCCCCCCCC(C)C)COP(=O)(O)OC[C@@H](O)COP(=O)(O)OC[C@@H](COC(=O)CCCCCCCCC(C)C)OC(=O)CCCCCCCCCC(C)C. The molecule has 0 heterocycles. The molecule has 0 fully saturated rings. The van der Waals surface area contributed by atoms with Crippen molar-refractivity contribution < 1.29 is 80.2 Å². The Morgan fingerprint density at radius 1 is 0.350 bits per heavy atom. The van der Waals surface area contributed by atoms with Gasteiger partial charge in [0.05, 0.1) is 26.4 Å². The third-order valence-electron chi connectivity index (χ3n) is 14.2. The van der Waals surface area contributed by atoms with Gasteiger partial charge in [0.1, 0.15) is 19.3 Å². The molecule has 19 heteroatoms. The first kappa shape index (κ1) is 78.1. The standard InChI is InChI=1S/C61H118O17P2/c1-9-54(8)40-32-24-14-10-11-15-27-35-43-60(65)77-56(47-71-58(63)41-33-25-19-17-22-30-38-52(4)5)49-75-79(67,68)73-45-55(62)46-74-80(69,70)76-50-57(48-72-59(64)42-34-26-20-18-23-31-39-53(6)7)78-61(66)44-36-28-16-12-13-21-29-37-51(2)3/h51-57,62H,9-50H2,1-8H3,(H,67,68)(H,69,70)/t54?,55-,56-,57-/m1/s1. The summed E-state index contributed by atoms with van der Waals surface area (Å²) in [6.07, 6.45) is 29.7. The van der Waals surface area contributed by atoms with E-state index in [0.29, 0.717) is 43.4 Å². The highest BCUT2D eigenvalue weighted by Gasteiger charge is 2.30. The number of carbonyl (C=O) groups excluding carboxylic acids is 4. The molecular weight excluding hydrogens is 1070 g/mol. The fraction of sp³-hybridized carbons (Fsp3) is 0.934. The van der Waals surface area contributed by atoms with Crippen LogP contribution in [0.5, 0.6) is 0 Å². The monoisotopic (exact) mass is 1180 g/mol. The number of hydrogen-bond donors (Lipinski definition) is 3. The summed E-state index contributed by atoms with van der Waals surface area (Å²) < 4.78 is 67.8. The van der Waals surface area contributed by atoms with Crippen LogP contribution in [0, 0.1) is 23.7 Å². The molecule has 0 bridgehead atoms. The van der Waals surface area contributed by atoms with Crippen LogP contribution in [-0.2, 0) is 65.4 Å². The zero-order valence-corrected chi connectivity index (χ0v) is 53.5. The number of phosphoric acid groups is 2. The van der Waals surface area contributed by atoms with Crippen LogP contribution in [0.15, 0.2) is 0 Å². The van der Waals surface area contributed by atoms with Crippen LogP contribution in [0.25, 0.3) is 0 Å². The van der Waals surface area contributed by atoms with Crippen molar-refractivity contribution in [2.75, 3.05) is 39.6 Å². The van der Waals surface area contributed by atoms with Crippen molar-refractivity contribution in [3.8, 4) is 0 Å². The highest BCUT2D eigenvalue weighted by Crippen LogP contribution is 2.45. The van der Waals surface area contributed by atoms with E-state index in [0.717, 1.165) is 109 Å². The summed E-state index contributed by atoms with van der Waals surface area (Å²) >= 11 is 0. The lowest BCUT2D eigenvalue weighted by atomic mass is 9.99. The van der Waals surface area contributed by atoms with Crippen LogP contribution in [0.3, 0.4) is 0 Å². The summed E-state index contributed by atoms with van der Waals surface area (Å²) in [6.45, 7) is 13.8. The fourth-order valence-corrected chi connectivity index (χ4v) is 10.4. The largest absolute Gasteiger partial charge is 0.472 e. The quantitative estimate of drug-likeness (QED) is 0.0222. The number of rotatable bonds is 58. The van der Waals surface area contributed by atoms with Crippen LogP contribution in [0.1, 0.15) is 287 Å². The van der Waals surface area contributed by atoms with E-state index in [-0.39, 0.29) is 25.7 Å². The summed E-state index contributed by atoms with van der Waals surface area (Å²) in [5, 5.41) is 10.5. The molecule has 17 nitrogen and oxygen atoms in total. The Bertz CT molecular complexity index is 1610. The number of phosphoric ester groups is 2. The first-order chi connectivity index (χ1) is 38.1. The number of unbranched alkanes of at least 4 members (excludes halogenated alkanes) is 23. The van der Waals surface area contributed by atoms with Gasteiger partial charge in [0.15, 0.2) is 12.2 Å². The van der Waals surface area contributed by atoms with Gasteiger partial charge in [-0.15, -0.1) is 0 Å². The van der Waals surface area contributed by atoms with Gasteiger partial charge in [0.25, 0.3) is 0 Å². The van der Waals surface area contributed by atoms with Gasteiger partial charge in [0.2, 0.25) is 0 Å². The molecule has 0 saturated heterocycles. The average molecular weight is 1190 g/mol. The number of hydrogen-bond acceptors (Lipinski definition) is 15. The van der Waals surface area contributed by atoms with Crippen molar-refractivity contribution in [1.82, 2.24) is 0 Å². The molecule has 0 aromatic heterocycles. The maximum absolute atomic E-state index is 12.9. The summed E-state index contributed by atoms with van der Waals surface area (Å²) in [6, 6.07) is 0. The molecule has 0 aliphatic rings. The van der Waals surface area contributed by atoms with Crippen LogP contribution in [0.4, 0.5) is 0 Å². The number of esters is 4. The van der Waals surface area contributed by atoms with Gasteiger partial charge in [0, 0.05) is 25.7 Å². The van der Waals surface area contributed by atoms with E-state index in [1.54, 1.807) is 0 Å². The minimum Gasteiger partial charge on any atom is -0.462 e. The van der Waals surface area contributed by atoms with E-state index >= 15 is 0 Å². The van der Waals surface area contributed by atoms with Gasteiger partial charge in [-0.2, -0.15) is 0 Å². The molecule has 0 aromatic rings. The molecule has 3 N–H and O–H groups in total. The van der Waals surface area contributed by atoms with E-state index in [2.05, 4.69) is 55.4 Å². The summed E-state index contributed by atoms with van der Waals surface area (Å²) in [4.78, 5) is 72.0. The zero-order chi connectivity index (χ0) is 59.7. The molecule has 0 amide bonds. The van der Waals surface area contributed by atoms with Crippen molar-refractivity contribution in [2.24, 2.45) is 23.7 Å². The third kappa shape index (κ3) is 54.0. The van der Waals surface area contributed by atoms with Crippen LogP contribution in [0.2, 0.25) is 0 Å². The molecule has 6 atom stereocenters. The molecule has 0 aliphatic heterocycles. The highest BCUT2D eigenvalue weighted by molar-refractivity contribution is 7.47. The lowest BCUT2D eigenvalue weighted by Crippen LogP contribution is -2.30. The highest BCUT2D eigenvalue weighted by atomic mass is 31.2. The number of ether oxygens (including phenoxy) is 4. The molecule has 3 unspecified atom stereocenters. The van der Waals surface area contributed by atoms with Gasteiger partial charge in [-0.3, -0.25) is 37.3 Å². The molecule has 0 radical (unpaired) electrons. The molecular formula is C61H118O17P2. The van der Waals surface area contributed by atoms with E-state index < -0.39 is 97.5 Å². The predicted octanol–water partition coefficient (Wildman–Crippen LogP) is 16.2. The van der Waals surface area contributed by atoms with Crippen LogP contribution >= 0.6 is 15.6 Å². The Hall–Kier alpha value is -1.94. The van der Waals surface area contributed by atoms with Gasteiger partial charge in [-0.25, -0.2) is 9.13 Å². The molecule has 0 aliphatic carbocycles. The molecule has 474 valence electrons. The van der Waals surface area contributed by atoms with Crippen molar-refractivity contribution >= 4 is 39.5 Å². The average Bonchev–Trinajstić information content (AvgIpc) is 3.40. The number of aliphatic hydroxyl groups excluding tert-OH is 1. The summed E-state index contributed by atoms with van der Waals surface area (Å²) in [5.74, 6) is 0.675. The van der Waals surface area contributed by atoms with Gasteiger partial charge < -0.3 is 33.8 Å². The zero-order valence-electron chi connectivity index (χ0n) is 51.7. The minimum atomic E-state index is -4.94. The van der Waals surface area contributed by atoms with Crippen molar-refractivity contribution in [2.45, 2.75) is 305 Å². The van der Waals surface area contributed by atoms with E-state index in [1.165, 1.54) is 77.0 Å². The first-order valence-electron chi connectivity index (χ1n) is 31.7. The van der Waals surface area contributed by atoms with Crippen molar-refractivity contribution in [3.63, 3.8) is 0 Å². The molecule has 0 saturated carbocycles. The Morgan fingerprint density at radius 2 is 0.600 bits per heavy atom. The van der Waals surface area contributed by atoms with Crippen molar-refractivity contribution in [3.05, 3.63) is 0 Å². The molecule has 0 spiro atoms. The fourth-order valence-electron chi connectivity index (χ4n) is 8.87. The lowest BCUT2D eigenvalue weighted by molar-refractivity contribution is -0.161. The summed E-state index contributed by atoms with van der Waals surface area (Å²) in [7, 11) is -9.88. The van der Waals surface area contributed by atoms with E-state index in [9.17, 15) is 43.2 Å². The Labute approximate surface area is 486 Å². The van der Waals surface area contributed by atoms with Gasteiger partial charge in [-0.1, -0.05) is 235 Å². The molecule has 0 rings (SSSR count). The first-order valence-corrected chi connectivity index (χ1v) is 34.7. The minimum absolute atomic E-state index is 0.101. The second-order valence-electron chi connectivity index (χ2n) is 23.8. The summed E-state index contributed by atoms with van der Waals surface area (Å²) in [5.41, 5.74) is 0. The Morgan fingerprint density at radius 3 is 0.887 bits per heavy atom.